The molecule has 0 aliphatic rings. The maximum Gasteiger partial charge on any atom is 0.163 e. The molecule has 0 bridgehead atoms. The van der Waals surface area contributed by atoms with Gasteiger partial charge in [0, 0.05) is 17.3 Å². The molecular formula is C19H14FN3. The predicted molar refractivity (Wildman–Crippen MR) is 88.6 cm³/mol. The summed E-state index contributed by atoms with van der Waals surface area (Å²) >= 11 is 0. The summed E-state index contributed by atoms with van der Waals surface area (Å²) < 4.78 is 14.9. The highest BCUT2D eigenvalue weighted by Crippen LogP contribution is 2.27. The molecule has 0 atom stereocenters. The number of rotatable bonds is 2. The first-order valence-electron chi connectivity index (χ1n) is 7.38. The van der Waals surface area contributed by atoms with Crippen LogP contribution in [0.1, 0.15) is 5.56 Å². The molecular weight excluding hydrogens is 289 g/mol. The SMILES string of the molecule is Cc1ccc(-c2cnn3c(-c4ccc(F)cc4)ccnc23)cc1. The average Bonchev–Trinajstić information content (AvgIpc) is 3.00. The van der Waals surface area contributed by atoms with Gasteiger partial charge in [-0.25, -0.2) is 13.9 Å². The fourth-order valence-electron chi connectivity index (χ4n) is 2.67. The van der Waals surface area contributed by atoms with E-state index in [0.717, 1.165) is 28.0 Å². The molecule has 4 heteroatoms. The first-order chi connectivity index (χ1) is 11.2. The van der Waals surface area contributed by atoms with E-state index in [0.29, 0.717) is 0 Å². The summed E-state index contributed by atoms with van der Waals surface area (Å²) in [4.78, 5) is 4.47. The van der Waals surface area contributed by atoms with Crippen molar-refractivity contribution in [2.45, 2.75) is 6.92 Å². The lowest BCUT2D eigenvalue weighted by Gasteiger charge is -2.05. The van der Waals surface area contributed by atoms with Gasteiger partial charge in [0.15, 0.2) is 5.65 Å². The Hall–Kier alpha value is -3.01. The minimum atomic E-state index is -0.250. The Morgan fingerprint density at radius 2 is 1.57 bits per heavy atom. The van der Waals surface area contributed by atoms with Crippen molar-refractivity contribution in [2.24, 2.45) is 0 Å². The Morgan fingerprint density at radius 3 is 2.30 bits per heavy atom. The average molecular weight is 303 g/mol. The molecule has 3 nitrogen and oxygen atoms in total. The maximum absolute atomic E-state index is 13.1. The lowest BCUT2D eigenvalue weighted by molar-refractivity contribution is 0.628. The minimum absolute atomic E-state index is 0.250. The van der Waals surface area contributed by atoms with Gasteiger partial charge in [0.25, 0.3) is 0 Å². The van der Waals surface area contributed by atoms with Crippen LogP contribution in [0.3, 0.4) is 0 Å². The fraction of sp³-hybridized carbons (Fsp3) is 0.0526. The van der Waals surface area contributed by atoms with E-state index >= 15 is 0 Å². The number of benzene rings is 2. The highest BCUT2D eigenvalue weighted by molar-refractivity contribution is 5.79. The molecule has 2 aromatic heterocycles. The summed E-state index contributed by atoms with van der Waals surface area (Å²) in [6, 6.07) is 16.6. The van der Waals surface area contributed by atoms with Crippen molar-refractivity contribution in [3.8, 4) is 22.4 Å². The summed E-state index contributed by atoms with van der Waals surface area (Å²) in [5.41, 5.74) is 5.84. The maximum atomic E-state index is 13.1. The Morgan fingerprint density at radius 1 is 0.870 bits per heavy atom. The van der Waals surface area contributed by atoms with Gasteiger partial charge in [-0.3, -0.25) is 0 Å². The molecule has 0 amide bonds. The van der Waals surface area contributed by atoms with Crippen molar-refractivity contribution in [1.82, 2.24) is 14.6 Å². The number of fused-ring (bicyclic) bond motifs is 1. The van der Waals surface area contributed by atoms with Crippen LogP contribution >= 0.6 is 0 Å². The van der Waals surface area contributed by atoms with Crippen LogP contribution in [-0.2, 0) is 0 Å². The van der Waals surface area contributed by atoms with Gasteiger partial charge in [-0.15, -0.1) is 0 Å². The molecule has 4 rings (SSSR count). The van der Waals surface area contributed by atoms with Crippen LogP contribution in [-0.4, -0.2) is 14.6 Å². The number of hydrogen-bond acceptors (Lipinski definition) is 2. The second-order valence-corrected chi connectivity index (χ2v) is 5.50. The monoisotopic (exact) mass is 303 g/mol. The Balaban J connectivity index is 1.89. The second-order valence-electron chi connectivity index (χ2n) is 5.50. The topological polar surface area (TPSA) is 30.2 Å². The van der Waals surface area contributed by atoms with Gasteiger partial charge in [-0.05, 0) is 42.8 Å². The molecule has 0 fully saturated rings. The van der Waals surface area contributed by atoms with E-state index in [2.05, 4.69) is 41.3 Å². The highest BCUT2D eigenvalue weighted by Gasteiger charge is 2.11. The zero-order chi connectivity index (χ0) is 15.8. The number of hydrogen-bond donors (Lipinski definition) is 0. The van der Waals surface area contributed by atoms with E-state index in [-0.39, 0.29) is 5.82 Å². The number of aryl methyl sites for hydroxylation is 1. The Labute approximate surface area is 133 Å². The van der Waals surface area contributed by atoms with Crippen molar-refractivity contribution in [1.29, 1.82) is 0 Å². The van der Waals surface area contributed by atoms with Gasteiger partial charge >= 0.3 is 0 Å². The van der Waals surface area contributed by atoms with E-state index in [1.807, 2.05) is 12.3 Å². The normalized spacial score (nSPS) is 11.0. The van der Waals surface area contributed by atoms with Crippen molar-refractivity contribution in [2.75, 3.05) is 0 Å². The molecule has 2 heterocycles. The standard InChI is InChI=1S/C19H14FN3/c1-13-2-4-14(5-3-13)17-12-22-23-18(10-11-21-19(17)23)15-6-8-16(20)9-7-15/h2-12H,1H3. The molecule has 0 unspecified atom stereocenters. The van der Waals surface area contributed by atoms with Crippen LogP contribution in [0.5, 0.6) is 0 Å². The zero-order valence-electron chi connectivity index (χ0n) is 12.6. The molecule has 0 saturated heterocycles. The third-order valence-electron chi connectivity index (χ3n) is 3.90. The molecule has 0 radical (unpaired) electrons. The van der Waals surface area contributed by atoms with Crippen LogP contribution in [0.2, 0.25) is 0 Å². The van der Waals surface area contributed by atoms with E-state index in [4.69, 9.17) is 0 Å². The van der Waals surface area contributed by atoms with Gasteiger partial charge in [0.05, 0.1) is 11.9 Å². The molecule has 0 saturated carbocycles. The summed E-state index contributed by atoms with van der Waals surface area (Å²) in [7, 11) is 0. The van der Waals surface area contributed by atoms with E-state index in [1.54, 1.807) is 22.8 Å². The second kappa shape index (κ2) is 5.32. The smallest absolute Gasteiger partial charge is 0.163 e. The first-order valence-corrected chi connectivity index (χ1v) is 7.38. The van der Waals surface area contributed by atoms with Gasteiger partial charge in [0.2, 0.25) is 0 Å². The van der Waals surface area contributed by atoms with Crippen molar-refractivity contribution in [3.63, 3.8) is 0 Å². The third kappa shape index (κ3) is 2.38. The molecule has 112 valence electrons. The Kier molecular flexibility index (Phi) is 3.15. The summed E-state index contributed by atoms with van der Waals surface area (Å²) in [5.74, 6) is -0.250. The van der Waals surface area contributed by atoms with Gasteiger partial charge < -0.3 is 0 Å². The van der Waals surface area contributed by atoms with Crippen molar-refractivity contribution >= 4 is 5.65 Å². The highest BCUT2D eigenvalue weighted by atomic mass is 19.1. The lowest BCUT2D eigenvalue weighted by Crippen LogP contribution is -1.95. The lowest BCUT2D eigenvalue weighted by atomic mass is 10.1. The van der Waals surface area contributed by atoms with Crippen molar-refractivity contribution in [3.05, 3.63) is 78.4 Å². The van der Waals surface area contributed by atoms with Gasteiger partial charge in [0.1, 0.15) is 5.82 Å². The number of nitrogens with zero attached hydrogens (tertiary/aromatic N) is 3. The van der Waals surface area contributed by atoms with Crippen LogP contribution in [0.25, 0.3) is 28.0 Å². The largest absolute Gasteiger partial charge is 0.236 e. The minimum Gasteiger partial charge on any atom is -0.236 e. The van der Waals surface area contributed by atoms with Crippen LogP contribution in [0.15, 0.2) is 67.0 Å². The van der Waals surface area contributed by atoms with E-state index < -0.39 is 0 Å². The molecule has 4 aromatic rings. The quantitative estimate of drug-likeness (QED) is 0.545. The van der Waals surface area contributed by atoms with E-state index in [9.17, 15) is 4.39 Å². The zero-order valence-corrected chi connectivity index (χ0v) is 12.6. The third-order valence-corrected chi connectivity index (χ3v) is 3.90. The summed E-state index contributed by atoms with van der Waals surface area (Å²) in [5, 5.41) is 4.48. The molecule has 2 aromatic carbocycles. The Bertz CT molecular complexity index is 970. The van der Waals surface area contributed by atoms with E-state index in [1.165, 1.54) is 17.7 Å². The predicted octanol–water partition coefficient (Wildman–Crippen LogP) is 4.51. The van der Waals surface area contributed by atoms with Gasteiger partial charge in [-0.1, -0.05) is 29.8 Å². The van der Waals surface area contributed by atoms with Crippen LogP contribution in [0, 0.1) is 12.7 Å². The summed E-state index contributed by atoms with van der Waals surface area (Å²) in [6.07, 6.45) is 3.58. The van der Waals surface area contributed by atoms with Crippen molar-refractivity contribution < 1.29 is 4.39 Å². The molecule has 0 aliphatic heterocycles. The van der Waals surface area contributed by atoms with Crippen LogP contribution < -0.4 is 0 Å². The van der Waals surface area contributed by atoms with Gasteiger partial charge in [-0.2, -0.15) is 5.10 Å². The van der Waals surface area contributed by atoms with Crippen LogP contribution in [0.4, 0.5) is 4.39 Å². The summed E-state index contributed by atoms with van der Waals surface area (Å²) in [6.45, 7) is 2.06. The molecule has 0 spiro atoms. The molecule has 0 N–H and O–H groups in total. The first kappa shape index (κ1) is 13.6. The number of aromatic nitrogens is 3. The molecule has 0 aliphatic carbocycles. The number of halogens is 1. The molecule has 23 heavy (non-hydrogen) atoms. The fourth-order valence-corrected chi connectivity index (χ4v) is 2.67.